The van der Waals surface area contributed by atoms with E-state index >= 15 is 0 Å². The number of anilines is 1. The average Bonchev–Trinajstić information content (AvgIpc) is 2.52. The van der Waals surface area contributed by atoms with Gasteiger partial charge in [-0.05, 0) is 28.8 Å². The predicted molar refractivity (Wildman–Crippen MR) is 84.3 cm³/mol. The second kappa shape index (κ2) is 5.62. The highest BCUT2D eigenvalue weighted by Crippen LogP contribution is 2.30. The third kappa shape index (κ3) is 2.57. The lowest BCUT2D eigenvalue weighted by Crippen LogP contribution is -2.04. The zero-order chi connectivity index (χ0) is 13.8. The van der Waals surface area contributed by atoms with Crippen LogP contribution in [0.1, 0.15) is 16.7 Å². The van der Waals surface area contributed by atoms with Gasteiger partial charge in [0.25, 0.3) is 0 Å². The highest BCUT2D eigenvalue weighted by atomic mass is 14.5. The molecule has 0 fully saturated rings. The molecular formula is C19H16N. The lowest BCUT2D eigenvalue weighted by molar-refractivity contribution is 1.23. The number of benzene rings is 3. The Bertz CT molecular complexity index is 618. The molecule has 20 heavy (non-hydrogen) atoms. The summed E-state index contributed by atoms with van der Waals surface area (Å²) in [7, 11) is 0. The van der Waals surface area contributed by atoms with Gasteiger partial charge in [0.2, 0.25) is 0 Å². The predicted octanol–water partition coefficient (Wildman–Crippen LogP) is 4.29. The van der Waals surface area contributed by atoms with Crippen LogP contribution >= 0.6 is 0 Å². The van der Waals surface area contributed by atoms with Crippen molar-refractivity contribution in [2.24, 2.45) is 0 Å². The molecule has 3 aromatic carbocycles. The van der Waals surface area contributed by atoms with Crippen molar-refractivity contribution < 1.29 is 0 Å². The van der Waals surface area contributed by atoms with Crippen LogP contribution in [-0.2, 0) is 0 Å². The molecule has 1 nitrogen and oxygen atoms in total. The van der Waals surface area contributed by atoms with E-state index in [1.807, 2.05) is 24.3 Å². The molecule has 0 spiro atoms. The lowest BCUT2D eigenvalue weighted by Gasteiger charge is -2.18. The van der Waals surface area contributed by atoms with Gasteiger partial charge in [0.1, 0.15) is 0 Å². The van der Waals surface area contributed by atoms with Crippen molar-refractivity contribution in [3.8, 4) is 0 Å². The fourth-order valence-electron chi connectivity index (χ4n) is 2.36. The van der Waals surface area contributed by atoms with E-state index in [4.69, 9.17) is 5.73 Å². The molecule has 0 bridgehead atoms. The molecule has 0 saturated carbocycles. The van der Waals surface area contributed by atoms with Crippen LogP contribution in [0.25, 0.3) is 0 Å². The molecule has 0 saturated heterocycles. The van der Waals surface area contributed by atoms with Crippen LogP contribution in [0.5, 0.6) is 0 Å². The van der Waals surface area contributed by atoms with Gasteiger partial charge in [-0.15, -0.1) is 0 Å². The summed E-state index contributed by atoms with van der Waals surface area (Å²) in [4.78, 5) is 0. The van der Waals surface area contributed by atoms with Gasteiger partial charge in [-0.1, -0.05) is 72.8 Å². The van der Waals surface area contributed by atoms with Crippen LogP contribution in [0, 0.1) is 5.92 Å². The Morgan fingerprint density at radius 3 is 1.35 bits per heavy atom. The highest BCUT2D eigenvalue weighted by Gasteiger charge is 2.16. The molecule has 0 atom stereocenters. The first-order valence-corrected chi connectivity index (χ1v) is 6.68. The van der Waals surface area contributed by atoms with E-state index in [-0.39, 0.29) is 0 Å². The van der Waals surface area contributed by atoms with Crippen LogP contribution in [0.3, 0.4) is 0 Å². The van der Waals surface area contributed by atoms with Gasteiger partial charge in [0, 0.05) is 5.69 Å². The van der Waals surface area contributed by atoms with Crippen LogP contribution < -0.4 is 5.73 Å². The second-order valence-electron chi connectivity index (χ2n) is 4.73. The molecule has 0 aliphatic rings. The normalized spacial score (nSPS) is 10.7. The maximum atomic E-state index is 5.79. The third-order valence-corrected chi connectivity index (χ3v) is 3.32. The Kier molecular flexibility index (Phi) is 3.51. The molecule has 97 valence electrons. The molecule has 0 aliphatic heterocycles. The van der Waals surface area contributed by atoms with Gasteiger partial charge in [0.15, 0.2) is 0 Å². The summed E-state index contributed by atoms with van der Waals surface area (Å²) in [6, 6.07) is 28.9. The van der Waals surface area contributed by atoms with E-state index in [9.17, 15) is 0 Å². The molecule has 0 unspecified atom stereocenters. The highest BCUT2D eigenvalue weighted by molar-refractivity contribution is 5.58. The second-order valence-corrected chi connectivity index (χ2v) is 4.73. The molecule has 0 aromatic heterocycles. The van der Waals surface area contributed by atoms with Gasteiger partial charge in [-0.3, -0.25) is 0 Å². The van der Waals surface area contributed by atoms with Crippen LogP contribution in [0.4, 0.5) is 5.69 Å². The number of nitrogen functional groups attached to an aromatic ring is 1. The fraction of sp³-hybridized carbons (Fsp3) is 0. The molecule has 0 aliphatic carbocycles. The first-order valence-electron chi connectivity index (χ1n) is 6.68. The maximum Gasteiger partial charge on any atom is 0.0629 e. The zero-order valence-corrected chi connectivity index (χ0v) is 11.2. The Morgan fingerprint density at radius 1 is 0.500 bits per heavy atom. The van der Waals surface area contributed by atoms with Crippen molar-refractivity contribution in [2.45, 2.75) is 0 Å². The molecular weight excluding hydrogens is 242 g/mol. The summed E-state index contributed by atoms with van der Waals surface area (Å²) in [5.74, 6) is 1.23. The summed E-state index contributed by atoms with van der Waals surface area (Å²) >= 11 is 0. The monoisotopic (exact) mass is 258 g/mol. The van der Waals surface area contributed by atoms with Gasteiger partial charge < -0.3 is 5.73 Å². The fourth-order valence-corrected chi connectivity index (χ4v) is 2.36. The van der Waals surface area contributed by atoms with Gasteiger partial charge in [-0.2, -0.15) is 0 Å². The Morgan fingerprint density at radius 2 is 0.900 bits per heavy atom. The maximum absolute atomic E-state index is 5.79. The largest absolute Gasteiger partial charge is 0.399 e. The van der Waals surface area contributed by atoms with E-state index < -0.39 is 0 Å². The van der Waals surface area contributed by atoms with Gasteiger partial charge in [0.05, 0.1) is 5.92 Å². The number of rotatable bonds is 3. The van der Waals surface area contributed by atoms with E-state index in [1.165, 1.54) is 22.6 Å². The first kappa shape index (κ1) is 12.5. The van der Waals surface area contributed by atoms with Crippen molar-refractivity contribution >= 4 is 5.69 Å². The zero-order valence-electron chi connectivity index (χ0n) is 11.2. The number of hydrogen-bond acceptors (Lipinski definition) is 1. The van der Waals surface area contributed by atoms with Crippen molar-refractivity contribution in [1.29, 1.82) is 0 Å². The van der Waals surface area contributed by atoms with E-state index in [0.717, 1.165) is 5.69 Å². The van der Waals surface area contributed by atoms with Crippen LogP contribution in [-0.4, -0.2) is 0 Å². The smallest absolute Gasteiger partial charge is 0.0629 e. The molecule has 1 heteroatoms. The van der Waals surface area contributed by atoms with Gasteiger partial charge in [-0.25, -0.2) is 0 Å². The molecule has 0 heterocycles. The standard InChI is InChI=1S/C19H16N/c20-18-13-11-17(12-14-18)19(15-7-3-1-4-8-15)16-9-5-2-6-10-16/h1-14H,20H2. The van der Waals surface area contributed by atoms with Crippen molar-refractivity contribution in [1.82, 2.24) is 0 Å². The van der Waals surface area contributed by atoms with Crippen LogP contribution in [0.2, 0.25) is 0 Å². The van der Waals surface area contributed by atoms with Crippen LogP contribution in [0.15, 0.2) is 84.9 Å². The minimum Gasteiger partial charge on any atom is -0.399 e. The SMILES string of the molecule is Nc1ccc([C](c2ccccc2)c2ccccc2)cc1. The first-order chi connectivity index (χ1) is 9.84. The minimum atomic E-state index is 0.786. The molecule has 3 aromatic rings. The summed E-state index contributed by atoms with van der Waals surface area (Å²) < 4.78 is 0. The Balaban J connectivity index is 2.11. The number of nitrogens with two attached hydrogens (primary N) is 1. The summed E-state index contributed by atoms with van der Waals surface area (Å²) in [6.07, 6.45) is 0. The van der Waals surface area contributed by atoms with Crippen molar-refractivity contribution in [3.63, 3.8) is 0 Å². The topological polar surface area (TPSA) is 26.0 Å². The minimum absolute atomic E-state index is 0.786. The molecule has 0 amide bonds. The Labute approximate surface area is 119 Å². The molecule has 3 rings (SSSR count). The van der Waals surface area contributed by atoms with E-state index in [0.29, 0.717) is 0 Å². The Hall–Kier alpha value is -2.54. The summed E-state index contributed by atoms with van der Waals surface area (Å²) in [5, 5.41) is 0. The van der Waals surface area contributed by atoms with Gasteiger partial charge >= 0.3 is 0 Å². The van der Waals surface area contributed by atoms with E-state index in [1.54, 1.807) is 0 Å². The summed E-state index contributed by atoms with van der Waals surface area (Å²) in [5.41, 5.74) is 10.2. The van der Waals surface area contributed by atoms with Crippen molar-refractivity contribution in [2.75, 3.05) is 5.73 Å². The summed E-state index contributed by atoms with van der Waals surface area (Å²) in [6.45, 7) is 0. The molecule has 2 N–H and O–H groups in total. The average molecular weight is 258 g/mol. The number of hydrogen-bond donors (Lipinski definition) is 1. The lowest BCUT2D eigenvalue weighted by atomic mass is 9.85. The van der Waals surface area contributed by atoms with Crippen molar-refractivity contribution in [3.05, 3.63) is 108 Å². The third-order valence-electron chi connectivity index (χ3n) is 3.32. The molecule has 1 radical (unpaired) electrons. The quantitative estimate of drug-likeness (QED) is 0.550. The van der Waals surface area contributed by atoms with E-state index in [2.05, 4.69) is 60.7 Å².